The summed E-state index contributed by atoms with van der Waals surface area (Å²) < 4.78 is 14.4. The molecular formula is C24H39NaO6. The van der Waals surface area contributed by atoms with Gasteiger partial charge in [0, 0.05) is 6.42 Å². The minimum atomic E-state index is -0.846. The Morgan fingerprint density at radius 3 is 2.06 bits per heavy atom. The van der Waals surface area contributed by atoms with Gasteiger partial charge in [0.2, 0.25) is 0 Å². The molecular weight excluding hydrogens is 407 g/mol. The summed E-state index contributed by atoms with van der Waals surface area (Å²) in [5.74, 6) is -2.17. The molecule has 0 radical (unpaired) electrons. The third-order valence-corrected chi connectivity index (χ3v) is 5.09. The van der Waals surface area contributed by atoms with E-state index < -0.39 is 17.9 Å². The smallest absolute Gasteiger partial charge is 1.00 e. The van der Waals surface area contributed by atoms with Gasteiger partial charge in [0.25, 0.3) is 0 Å². The van der Waals surface area contributed by atoms with Crippen LogP contribution in [0.2, 0.25) is 0 Å². The second-order valence-electron chi connectivity index (χ2n) is 7.67. The molecule has 0 bridgehead atoms. The fraction of sp³-hybridized carbons (Fsp3) is 0.708. The van der Waals surface area contributed by atoms with Crippen molar-refractivity contribution in [2.75, 3.05) is 13.7 Å². The summed E-state index contributed by atoms with van der Waals surface area (Å²) in [6.45, 7) is 2.04. The molecule has 0 saturated heterocycles. The number of ether oxygens (including phenoxy) is 3. The van der Waals surface area contributed by atoms with Crippen LogP contribution >= 0.6 is 0 Å². The molecule has 1 rings (SSSR count). The van der Waals surface area contributed by atoms with Gasteiger partial charge in [-0.1, -0.05) is 70.4 Å². The van der Waals surface area contributed by atoms with E-state index in [9.17, 15) is 14.4 Å². The maximum atomic E-state index is 11.9. The Balaban J connectivity index is 0. The van der Waals surface area contributed by atoms with Crippen LogP contribution in [-0.2, 0) is 28.6 Å². The van der Waals surface area contributed by atoms with Crippen molar-refractivity contribution in [1.82, 2.24) is 0 Å². The van der Waals surface area contributed by atoms with Gasteiger partial charge in [-0.25, -0.2) is 9.59 Å². The van der Waals surface area contributed by atoms with E-state index in [0.29, 0.717) is 0 Å². The Bertz CT molecular complexity index is 603. The van der Waals surface area contributed by atoms with Gasteiger partial charge in [-0.2, -0.15) is 0 Å². The zero-order valence-electron chi connectivity index (χ0n) is 20.7. The molecule has 0 aromatic heterocycles. The van der Waals surface area contributed by atoms with Gasteiger partial charge < -0.3 is 15.6 Å². The van der Waals surface area contributed by atoms with Gasteiger partial charge >= 0.3 is 47.5 Å². The number of esters is 3. The monoisotopic (exact) mass is 446 g/mol. The van der Waals surface area contributed by atoms with E-state index >= 15 is 0 Å². The van der Waals surface area contributed by atoms with Gasteiger partial charge in [-0.3, -0.25) is 4.79 Å². The van der Waals surface area contributed by atoms with Crippen molar-refractivity contribution in [3.05, 3.63) is 23.5 Å². The predicted octanol–water partition coefficient (Wildman–Crippen LogP) is 2.67. The quantitative estimate of drug-likeness (QED) is 0.0854. The first kappa shape index (κ1) is 29.9. The number of unbranched alkanes of at least 4 members (excludes halogenated alkanes) is 11. The van der Waals surface area contributed by atoms with Gasteiger partial charge in [0.1, 0.15) is 0 Å². The van der Waals surface area contributed by atoms with Gasteiger partial charge in [-0.05, 0) is 32.1 Å². The number of methoxy groups -OCH3 is 1. The summed E-state index contributed by atoms with van der Waals surface area (Å²) in [5, 5.41) is 0. The molecule has 0 amide bonds. The molecule has 1 aliphatic rings. The molecule has 0 N–H and O–H groups in total. The molecule has 1 aliphatic heterocycles. The molecule has 0 atom stereocenters. The molecule has 172 valence electrons. The average Bonchev–Trinajstić information content (AvgIpc) is 3.10. The van der Waals surface area contributed by atoms with Crippen LogP contribution in [0.4, 0.5) is 0 Å². The van der Waals surface area contributed by atoms with Crippen molar-refractivity contribution in [2.45, 2.75) is 96.8 Å². The van der Waals surface area contributed by atoms with E-state index in [1.54, 1.807) is 0 Å². The van der Waals surface area contributed by atoms with Gasteiger partial charge in [0.15, 0.2) is 17.9 Å². The molecule has 0 aliphatic carbocycles. The van der Waals surface area contributed by atoms with Crippen LogP contribution in [0.15, 0.2) is 23.5 Å². The second-order valence-corrected chi connectivity index (χ2v) is 7.67. The normalized spacial score (nSPS) is 13.3. The van der Waals surface area contributed by atoms with Crippen LogP contribution in [0.3, 0.4) is 0 Å². The molecule has 0 spiro atoms. The molecule has 6 nitrogen and oxygen atoms in total. The molecule has 7 heteroatoms. The van der Waals surface area contributed by atoms with Crippen molar-refractivity contribution in [3.63, 3.8) is 0 Å². The summed E-state index contributed by atoms with van der Waals surface area (Å²) in [6.07, 6.45) is 20.3. The van der Waals surface area contributed by atoms with Crippen molar-refractivity contribution in [3.8, 4) is 0 Å². The van der Waals surface area contributed by atoms with Crippen LogP contribution in [0.25, 0.3) is 0 Å². The molecule has 0 fully saturated rings. The summed E-state index contributed by atoms with van der Waals surface area (Å²) in [5.41, 5.74) is -0.324. The number of carbonyl (C=O) groups excluding carboxylic acids is 3. The molecule has 0 aromatic carbocycles. The first-order valence-corrected chi connectivity index (χ1v) is 11.4. The van der Waals surface area contributed by atoms with Gasteiger partial charge in [0.05, 0.1) is 7.11 Å². The van der Waals surface area contributed by atoms with Crippen LogP contribution in [0.5, 0.6) is 0 Å². The number of hydrogen-bond acceptors (Lipinski definition) is 6. The van der Waals surface area contributed by atoms with E-state index in [0.717, 1.165) is 39.2 Å². The number of carbonyl (C=O) groups is 3. The summed E-state index contributed by atoms with van der Waals surface area (Å²) in [6, 6.07) is 0. The standard InChI is InChI=1S/C24H38O6.Na.H/c1-3-4-5-6-7-8-9-10-11-12-13-14-15-16-17-18-21(25)30-20-19-29-24(27)22(20)23(26)28-2;;/h10-11H,3-9,12-19H2,1-2H3;;/q;+1;-1/b11-10-;;. The fourth-order valence-electron chi connectivity index (χ4n) is 3.30. The van der Waals surface area contributed by atoms with Gasteiger partial charge in [-0.15, -0.1) is 0 Å². The van der Waals surface area contributed by atoms with Crippen molar-refractivity contribution < 1.29 is 59.6 Å². The number of rotatable bonds is 17. The summed E-state index contributed by atoms with van der Waals surface area (Å²) in [7, 11) is 1.16. The van der Waals surface area contributed by atoms with E-state index in [2.05, 4.69) is 23.8 Å². The minimum Gasteiger partial charge on any atom is -1.00 e. The Morgan fingerprint density at radius 2 is 1.48 bits per heavy atom. The largest absolute Gasteiger partial charge is 1.00 e. The van der Waals surface area contributed by atoms with E-state index in [1.807, 2.05) is 0 Å². The predicted molar refractivity (Wildman–Crippen MR) is 117 cm³/mol. The Hall–Kier alpha value is -1.11. The number of cyclic esters (lactones) is 1. The third kappa shape index (κ3) is 13.8. The fourth-order valence-corrected chi connectivity index (χ4v) is 3.30. The maximum absolute atomic E-state index is 11.9. The van der Waals surface area contributed by atoms with Crippen LogP contribution in [0, 0.1) is 0 Å². The Labute approximate surface area is 210 Å². The average molecular weight is 447 g/mol. The van der Waals surface area contributed by atoms with E-state index in [-0.39, 0.29) is 55.3 Å². The summed E-state index contributed by atoms with van der Waals surface area (Å²) >= 11 is 0. The zero-order valence-corrected chi connectivity index (χ0v) is 21.7. The molecule has 0 unspecified atom stereocenters. The number of allylic oxidation sites excluding steroid dienone is 2. The summed E-state index contributed by atoms with van der Waals surface area (Å²) in [4.78, 5) is 35.0. The topological polar surface area (TPSA) is 78.9 Å². The van der Waals surface area contributed by atoms with Crippen LogP contribution in [0.1, 0.15) is 98.2 Å². The third-order valence-electron chi connectivity index (χ3n) is 5.09. The Morgan fingerprint density at radius 1 is 0.935 bits per heavy atom. The first-order valence-electron chi connectivity index (χ1n) is 11.4. The first-order chi connectivity index (χ1) is 14.6. The molecule has 0 saturated carbocycles. The molecule has 0 aromatic rings. The number of hydrogen-bond donors (Lipinski definition) is 0. The van der Waals surface area contributed by atoms with E-state index in [4.69, 9.17) is 9.47 Å². The SMILES string of the molecule is CCCCCCCC/C=C\CCCCCCCC(=O)OC1=C(C(=O)OC)C(=O)OC1.[H-].[Na+]. The van der Waals surface area contributed by atoms with Crippen LogP contribution < -0.4 is 29.6 Å². The minimum absolute atomic E-state index is 0. The van der Waals surface area contributed by atoms with E-state index in [1.165, 1.54) is 51.4 Å². The van der Waals surface area contributed by atoms with Crippen molar-refractivity contribution >= 4 is 17.9 Å². The maximum Gasteiger partial charge on any atom is 1.00 e. The van der Waals surface area contributed by atoms with Crippen molar-refractivity contribution in [1.29, 1.82) is 0 Å². The molecule has 1 heterocycles. The molecule has 31 heavy (non-hydrogen) atoms. The van der Waals surface area contributed by atoms with Crippen molar-refractivity contribution in [2.24, 2.45) is 0 Å². The second kappa shape index (κ2) is 19.6. The van der Waals surface area contributed by atoms with Crippen LogP contribution in [-0.4, -0.2) is 31.6 Å². The Kier molecular flexibility index (Phi) is 18.9. The zero-order chi connectivity index (χ0) is 22.0.